The Kier molecular flexibility index (Phi) is 7.54. The van der Waals surface area contributed by atoms with Gasteiger partial charge in [-0.25, -0.2) is 19.9 Å². The molecule has 5 heterocycles. The fraction of sp³-hybridized carbons (Fsp3) is 0.346. The lowest BCUT2D eigenvalue weighted by atomic mass is 10.1. The minimum Gasteiger partial charge on any atom is -0.489 e. The molecular weight excluding hydrogens is 500 g/mol. The van der Waals surface area contributed by atoms with E-state index in [0.29, 0.717) is 48.6 Å². The molecule has 0 aliphatic carbocycles. The van der Waals surface area contributed by atoms with Crippen molar-refractivity contribution in [3.63, 3.8) is 0 Å². The van der Waals surface area contributed by atoms with Gasteiger partial charge in [-0.15, -0.1) is 5.53 Å². The number of aliphatic hydroxyl groups excluding tert-OH is 1. The highest BCUT2D eigenvalue weighted by atomic mass is 16.5. The second-order valence-electron chi connectivity index (χ2n) is 9.21. The van der Waals surface area contributed by atoms with Crippen LogP contribution in [0.4, 0.5) is 11.6 Å². The van der Waals surface area contributed by atoms with Crippen LogP contribution in [0.25, 0.3) is 22.6 Å². The summed E-state index contributed by atoms with van der Waals surface area (Å²) >= 11 is 0. The number of hydrogen-bond donors (Lipinski definition) is 3. The first-order valence-corrected chi connectivity index (χ1v) is 12.9. The number of hydrazine groups is 2. The number of ether oxygens (including phenoxy) is 2. The minimum absolute atomic E-state index is 0.0238. The summed E-state index contributed by atoms with van der Waals surface area (Å²) in [5.41, 5.74) is 9.69. The lowest BCUT2D eigenvalue weighted by Crippen LogP contribution is -2.38. The number of aromatic nitrogens is 6. The van der Waals surface area contributed by atoms with Crippen molar-refractivity contribution in [1.29, 1.82) is 0 Å². The van der Waals surface area contributed by atoms with Crippen LogP contribution in [0.1, 0.15) is 5.56 Å². The Morgan fingerprint density at radius 2 is 1.87 bits per heavy atom. The molecular formula is C26H30N10O3. The van der Waals surface area contributed by atoms with E-state index in [4.69, 9.17) is 19.6 Å². The number of nitrogens with zero attached hydrogens (tertiary/aromatic N) is 8. The number of hydrogen-bond acceptors (Lipinski definition) is 12. The maximum absolute atomic E-state index is 9.15. The quantitative estimate of drug-likeness (QED) is 0.273. The van der Waals surface area contributed by atoms with E-state index in [0.717, 1.165) is 49.5 Å². The molecule has 0 bridgehead atoms. The van der Waals surface area contributed by atoms with E-state index in [1.807, 2.05) is 29.4 Å². The van der Waals surface area contributed by atoms with E-state index < -0.39 is 0 Å². The molecule has 13 nitrogen and oxygen atoms in total. The van der Waals surface area contributed by atoms with Crippen molar-refractivity contribution in [2.45, 2.75) is 13.1 Å². The zero-order valence-corrected chi connectivity index (χ0v) is 21.4. The third-order valence-corrected chi connectivity index (χ3v) is 6.51. The van der Waals surface area contributed by atoms with Crippen LogP contribution in [0, 0.1) is 0 Å². The molecule has 1 fully saturated rings. The third kappa shape index (κ3) is 5.96. The van der Waals surface area contributed by atoms with Gasteiger partial charge < -0.3 is 14.6 Å². The second-order valence-corrected chi connectivity index (χ2v) is 9.21. The summed E-state index contributed by atoms with van der Waals surface area (Å²) in [5, 5.41) is 15.3. The smallest absolute Gasteiger partial charge is 0.190 e. The highest BCUT2D eigenvalue weighted by Crippen LogP contribution is 2.29. The number of morpholine rings is 1. The molecule has 13 heteroatoms. The van der Waals surface area contributed by atoms with Crippen molar-refractivity contribution in [3.8, 4) is 28.4 Å². The fourth-order valence-electron chi connectivity index (χ4n) is 4.45. The predicted octanol–water partition coefficient (Wildman–Crippen LogP) is 1.35. The Morgan fingerprint density at radius 1 is 1.00 bits per heavy atom. The number of fused-ring (bicyclic) bond motifs is 1. The topological polar surface area (TPSA) is 139 Å². The standard InChI is InChI=1S/C26H30N10O3/c37-8-4-35-18-21(13-30-35)23-16-29-25-26(31-23)36(33-32-25)17-19-2-1-3-20(12-19)24-27-14-22(15-28-24)39-11-7-34-5-9-38-10-6-34/h1-3,12-16,18,33,37H,4-11,17H2,(H,29,32). The Labute approximate surface area is 225 Å². The van der Waals surface area contributed by atoms with E-state index in [2.05, 4.69) is 42.0 Å². The van der Waals surface area contributed by atoms with E-state index in [9.17, 15) is 0 Å². The monoisotopic (exact) mass is 530 g/mol. The molecule has 4 aromatic rings. The van der Waals surface area contributed by atoms with Crippen LogP contribution in [-0.2, 0) is 17.8 Å². The van der Waals surface area contributed by atoms with Gasteiger partial charge in [0.15, 0.2) is 23.2 Å². The highest BCUT2D eigenvalue weighted by molar-refractivity contribution is 5.69. The molecule has 0 saturated carbocycles. The number of anilines is 2. The molecule has 0 atom stereocenters. The average molecular weight is 531 g/mol. The largest absolute Gasteiger partial charge is 0.489 e. The summed E-state index contributed by atoms with van der Waals surface area (Å²) in [7, 11) is 0. The lowest BCUT2D eigenvalue weighted by molar-refractivity contribution is 0.0322. The maximum Gasteiger partial charge on any atom is 0.190 e. The number of aliphatic hydroxyl groups is 1. The van der Waals surface area contributed by atoms with Crippen molar-refractivity contribution in [2.24, 2.45) is 0 Å². The molecule has 0 unspecified atom stereocenters. The SMILES string of the molecule is OCCn1cc(-c2cnc3c(n2)N(Cc2cccc(-c4ncc(OCCN5CCOCC5)cn4)c2)NN3)cn1. The highest BCUT2D eigenvalue weighted by Gasteiger charge is 2.23. The average Bonchev–Trinajstić information content (AvgIpc) is 3.61. The Bertz CT molecular complexity index is 1390. The van der Waals surface area contributed by atoms with Gasteiger partial charge in [0.25, 0.3) is 0 Å². The second kappa shape index (κ2) is 11.7. The molecule has 2 aliphatic rings. The fourth-order valence-corrected chi connectivity index (χ4v) is 4.45. The lowest BCUT2D eigenvalue weighted by Gasteiger charge is -2.26. The van der Waals surface area contributed by atoms with Gasteiger partial charge in [-0.1, -0.05) is 18.2 Å². The first-order chi connectivity index (χ1) is 19.2. The van der Waals surface area contributed by atoms with E-state index in [1.165, 1.54) is 0 Å². The van der Waals surface area contributed by atoms with Crippen LogP contribution in [-0.4, -0.2) is 85.8 Å². The minimum atomic E-state index is 0.0238. The molecule has 1 saturated heterocycles. The van der Waals surface area contributed by atoms with Crippen molar-refractivity contribution in [2.75, 3.05) is 56.5 Å². The van der Waals surface area contributed by atoms with E-state index in [-0.39, 0.29) is 6.61 Å². The predicted molar refractivity (Wildman–Crippen MR) is 144 cm³/mol. The molecule has 0 spiro atoms. The van der Waals surface area contributed by atoms with Crippen LogP contribution >= 0.6 is 0 Å². The van der Waals surface area contributed by atoms with E-state index >= 15 is 0 Å². The van der Waals surface area contributed by atoms with Gasteiger partial charge in [-0.3, -0.25) is 20.0 Å². The zero-order chi connectivity index (χ0) is 26.4. The normalized spacial score (nSPS) is 15.3. The van der Waals surface area contributed by atoms with Crippen LogP contribution in [0.2, 0.25) is 0 Å². The van der Waals surface area contributed by atoms with Gasteiger partial charge >= 0.3 is 0 Å². The van der Waals surface area contributed by atoms with E-state index in [1.54, 1.807) is 29.5 Å². The van der Waals surface area contributed by atoms with Crippen molar-refractivity contribution >= 4 is 11.6 Å². The molecule has 202 valence electrons. The van der Waals surface area contributed by atoms with Crippen molar-refractivity contribution in [1.82, 2.24) is 40.2 Å². The maximum atomic E-state index is 9.15. The molecule has 0 radical (unpaired) electrons. The van der Waals surface area contributed by atoms with Gasteiger partial charge in [0.05, 0.1) is 63.4 Å². The van der Waals surface area contributed by atoms with Gasteiger partial charge in [0.1, 0.15) is 6.61 Å². The van der Waals surface area contributed by atoms with Crippen molar-refractivity contribution < 1.29 is 14.6 Å². The summed E-state index contributed by atoms with van der Waals surface area (Å²) in [6, 6.07) is 8.08. The van der Waals surface area contributed by atoms with Crippen LogP contribution in [0.15, 0.2) is 55.2 Å². The molecule has 2 aliphatic heterocycles. The van der Waals surface area contributed by atoms with Crippen molar-refractivity contribution in [3.05, 3.63) is 60.8 Å². The van der Waals surface area contributed by atoms with Crippen LogP contribution < -0.4 is 20.7 Å². The van der Waals surface area contributed by atoms with Gasteiger partial charge in [-0.2, -0.15) is 5.10 Å². The van der Waals surface area contributed by atoms with Gasteiger partial charge in [0, 0.05) is 37.0 Å². The van der Waals surface area contributed by atoms with Gasteiger partial charge in [0.2, 0.25) is 0 Å². The Hall–Kier alpha value is -4.17. The first-order valence-electron chi connectivity index (χ1n) is 12.9. The third-order valence-electron chi connectivity index (χ3n) is 6.51. The molecule has 6 rings (SSSR count). The first kappa shape index (κ1) is 25.1. The summed E-state index contributed by atoms with van der Waals surface area (Å²) in [4.78, 5) is 20.7. The van der Waals surface area contributed by atoms with Crippen LogP contribution in [0.5, 0.6) is 5.75 Å². The number of benzene rings is 1. The summed E-state index contributed by atoms with van der Waals surface area (Å²) < 4.78 is 12.9. The molecule has 39 heavy (non-hydrogen) atoms. The summed E-state index contributed by atoms with van der Waals surface area (Å²) in [5.74, 6) is 2.61. The number of nitrogens with one attached hydrogen (secondary N) is 2. The summed E-state index contributed by atoms with van der Waals surface area (Å²) in [6.07, 6.45) is 8.70. The summed E-state index contributed by atoms with van der Waals surface area (Å²) in [6.45, 7) is 5.87. The Balaban J connectivity index is 1.10. The zero-order valence-electron chi connectivity index (χ0n) is 21.4. The van der Waals surface area contributed by atoms with Gasteiger partial charge in [-0.05, 0) is 11.6 Å². The molecule has 0 amide bonds. The van der Waals surface area contributed by atoms with Crippen LogP contribution in [0.3, 0.4) is 0 Å². The molecule has 3 aromatic heterocycles. The number of rotatable bonds is 10. The molecule has 1 aromatic carbocycles. The Morgan fingerprint density at radius 3 is 2.72 bits per heavy atom. The molecule has 3 N–H and O–H groups in total.